The Balaban J connectivity index is 4.59. The predicted molar refractivity (Wildman–Crippen MR) is 138 cm³/mol. The molecule has 0 fully saturated rings. The Hall–Kier alpha value is -0.540. The summed E-state index contributed by atoms with van der Waals surface area (Å²) < 4.78 is 16.3. The maximum atomic E-state index is 12.1. The van der Waals surface area contributed by atoms with Crippen LogP contribution >= 0.6 is 37.9 Å². The van der Waals surface area contributed by atoms with Gasteiger partial charge in [-0.3, -0.25) is 14.4 Å². The molecule has 0 heterocycles. The number of thiol groups is 3. The zero-order chi connectivity index (χ0) is 24.1. The van der Waals surface area contributed by atoms with E-state index in [2.05, 4.69) is 37.9 Å². The molecule has 0 saturated carbocycles. The van der Waals surface area contributed by atoms with E-state index in [4.69, 9.17) is 14.2 Å². The zero-order valence-corrected chi connectivity index (χ0v) is 22.2. The number of ether oxygens (including phenoxy) is 3. The fourth-order valence-corrected chi connectivity index (χ4v) is 3.45. The number of unbranched alkanes of at least 4 members (excludes halogenated alkanes) is 6. The first-order chi connectivity index (χ1) is 15.4. The van der Waals surface area contributed by atoms with Gasteiger partial charge in [0.15, 0.2) is 0 Å². The summed E-state index contributed by atoms with van der Waals surface area (Å²) in [5.74, 6) is 1.50. The SMILES string of the molecule is CC(COC(=O)CCCCCS)(COC(=O)CCCCCS)COC(=O)CCCCCS. The standard InChI is InChI=1S/C23H42O6S3/c1-23(17-27-20(24)11-5-2-8-14-30,18-28-21(25)12-6-3-9-15-31)19-29-22(26)13-7-4-10-16-32/h30-32H,2-19H2,1H3. The van der Waals surface area contributed by atoms with E-state index in [1.165, 1.54) is 0 Å². The van der Waals surface area contributed by atoms with Gasteiger partial charge in [0.1, 0.15) is 19.8 Å². The van der Waals surface area contributed by atoms with Crippen molar-refractivity contribution in [2.45, 2.75) is 84.0 Å². The summed E-state index contributed by atoms with van der Waals surface area (Å²) in [4.78, 5) is 36.2. The number of carbonyl (C=O) groups excluding carboxylic acids is 3. The van der Waals surface area contributed by atoms with E-state index in [1.54, 1.807) is 6.92 Å². The van der Waals surface area contributed by atoms with Crippen LogP contribution in [-0.2, 0) is 28.6 Å². The minimum absolute atomic E-state index is 0.0261. The highest BCUT2D eigenvalue weighted by molar-refractivity contribution is 7.80. The Labute approximate surface area is 210 Å². The molecule has 0 saturated heterocycles. The van der Waals surface area contributed by atoms with Crippen LogP contribution in [0.15, 0.2) is 0 Å². The molecule has 188 valence electrons. The van der Waals surface area contributed by atoms with Crippen molar-refractivity contribution in [2.75, 3.05) is 37.1 Å². The van der Waals surface area contributed by atoms with E-state index in [9.17, 15) is 14.4 Å². The van der Waals surface area contributed by atoms with Gasteiger partial charge in [-0.15, -0.1) is 0 Å². The topological polar surface area (TPSA) is 78.9 Å². The van der Waals surface area contributed by atoms with Crippen LogP contribution in [0.5, 0.6) is 0 Å². The normalized spacial score (nSPS) is 11.2. The molecule has 9 heteroatoms. The van der Waals surface area contributed by atoms with Gasteiger partial charge in [-0.25, -0.2) is 0 Å². The minimum Gasteiger partial charge on any atom is -0.465 e. The summed E-state index contributed by atoms with van der Waals surface area (Å²) in [6, 6.07) is 0. The molecule has 0 aromatic rings. The van der Waals surface area contributed by atoms with Crippen LogP contribution in [-0.4, -0.2) is 55.0 Å². The van der Waals surface area contributed by atoms with Crippen molar-refractivity contribution in [3.05, 3.63) is 0 Å². The molecule has 0 unspecified atom stereocenters. The zero-order valence-electron chi connectivity index (χ0n) is 19.5. The molecule has 0 bridgehead atoms. The second-order valence-corrected chi connectivity index (χ2v) is 9.74. The third-order valence-corrected chi connectivity index (χ3v) is 5.81. The fraction of sp³-hybridized carbons (Fsp3) is 0.870. The molecule has 0 aliphatic heterocycles. The molecule has 0 aromatic heterocycles. The maximum absolute atomic E-state index is 12.1. The highest BCUT2D eigenvalue weighted by Crippen LogP contribution is 2.20. The maximum Gasteiger partial charge on any atom is 0.305 e. The Kier molecular flexibility index (Phi) is 20.7. The summed E-state index contributed by atoms with van der Waals surface area (Å²) in [6.45, 7) is 1.87. The molecule has 0 rings (SSSR count). The molecule has 0 N–H and O–H groups in total. The van der Waals surface area contributed by atoms with E-state index in [0.717, 1.165) is 75.0 Å². The van der Waals surface area contributed by atoms with Gasteiger partial charge in [0.05, 0.1) is 5.41 Å². The van der Waals surface area contributed by atoms with Gasteiger partial charge >= 0.3 is 17.9 Å². The highest BCUT2D eigenvalue weighted by atomic mass is 32.1. The van der Waals surface area contributed by atoms with Crippen LogP contribution in [0.25, 0.3) is 0 Å². The number of esters is 3. The summed E-state index contributed by atoms with van der Waals surface area (Å²) in [7, 11) is 0. The number of carbonyl (C=O) groups is 3. The molecule has 0 aliphatic rings. The van der Waals surface area contributed by atoms with Crippen molar-refractivity contribution in [1.82, 2.24) is 0 Å². The third kappa shape index (κ3) is 19.0. The molecule has 0 aromatic carbocycles. The first-order valence-electron chi connectivity index (χ1n) is 11.7. The lowest BCUT2D eigenvalue weighted by Gasteiger charge is -2.28. The van der Waals surface area contributed by atoms with Crippen LogP contribution in [0.4, 0.5) is 0 Å². The number of hydrogen-bond acceptors (Lipinski definition) is 9. The summed E-state index contributed by atoms with van der Waals surface area (Å²) in [6.07, 6.45) is 8.89. The van der Waals surface area contributed by atoms with Gasteiger partial charge in [-0.1, -0.05) is 19.3 Å². The van der Waals surface area contributed by atoms with Crippen molar-refractivity contribution >= 4 is 55.8 Å². The summed E-state index contributed by atoms with van der Waals surface area (Å²) in [5, 5.41) is 0. The number of rotatable bonds is 21. The Bertz CT molecular complexity index is 447. The summed E-state index contributed by atoms with van der Waals surface area (Å²) >= 11 is 12.5. The smallest absolute Gasteiger partial charge is 0.305 e. The molecular formula is C23H42O6S3. The van der Waals surface area contributed by atoms with Crippen LogP contribution in [0.3, 0.4) is 0 Å². The van der Waals surface area contributed by atoms with Crippen LogP contribution in [0, 0.1) is 5.41 Å². The lowest BCUT2D eigenvalue weighted by atomic mass is 9.94. The van der Waals surface area contributed by atoms with Crippen molar-refractivity contribution in [3.8, 4) is 0 Å². The highest BCUT2D eigenvalue weighted by Gasteiger charge is 2.30. The Morgan fingerprint density at radius 1 is 0.531 bits per heavy atom. The molecule has 0 radical (unpaired) electrons. The van der Waals surface area contributed by atoms with E-state index in [1.807, 2.05) is 0 Å². The molecule has 0 spiro atoms. The predicted octanol–water partition coefficient (Wildman–Crippen LogP) is 5.09. The molecule has 0 atom stereocenters. The van der Waals surface area contributed by atoms with Crippen LogP contribution in [0.2, 0.25) is 0 Å². The molecule has 32 heavy (non-hydrogen) atoms. The van der Waals surface area contributed by atoms with Gasteiger partial charge in [0.2, 0.25) is 0 Å². The molecule has 6 nitrogen and oxygen atoms in total. The van der Waals surface area contributed by atoms with Gasteiger partial charge < -0.3 is 14.2 Å². The van der Waals surface area contributed by atoms with E-state index < -0.39 is 5.41 Å². The van der Waals surface area contributed by atoms with Crippen molar-refractivity contribution in [2.24, 2.45) is 5.41 Å². The van der Waals surface area contributed by atoms with Crippen LogP contribution in [0.1, 0.15) is 84.0 Å². The molecular weight excluding hydrogens is 468 g/mol. The number of hydrogen-bond donors (Lipinski definition) is 3. The largest absolute Gasteiger partial charge is 0.465 e. The first-order valence-corrected chi connectivity index (χ1v) is 13.6. The molecule has 0 aliphatic carbocycles. The van der Waals surface area contributed by atoms with Gasteiger partial charge in [0, 0.05) is 19.3 Å². The lowest BCUT2D eigenvalue weighted by Crippen LogP contribution is -2.37. The Morgan fingerprint density at radius 3 is 1.06 bits per heavy atom. The quantitative estimate of drug-likeness (QED) is 0.0864. The average Bonchev–Trinajstić information content (AvgIpc) is 2.78. The monoisotopic (exact) mass is 510 g/mol. The fourth-order valence-electron chi connectivity index (χ4n) is 2.78. The average molecular weight is 511 g/mol. The summed E-state index contributed by atoms with van der Waals surface area (Å²) in [5.41, 5.74) is -0.789. The van der Waals surface area contributed by atoms with Crippen LogP contribution < -0.4 is 0 Å². The van der Waals surface area contributed by atoms with E-state index in [-0.39, 0.29) is 37.7 Å². The third-order valence-electron chi connectivity index (χ3n) is 4.86. The molecule has 0 amide bonds. The van der Waals surface area contributed by atoms with E-state index in [0.29, 0.717) is 19.3 Å². The first kappa shape index (κ1) is 31.5. The minimum atomic E-state index is -0.789. The van der Waals surface area contributed by atoms with Crippen molar-refractivity contribution in [1.29, 1.82) is 0 Å². The van der Waals surface area contributed by atoms with Gasteiger partial charge in [-0.05, 0) is 62.7 Å². The van der Waals surface area contributed by atoms with Crippen molar-refractivity contribution in [3.63, 3.8) is 0 Å². The van der Waals surface area contributed by atoms with Crippen molar-refractivity contribution < 1.29 is 28.6 Å². The lowest BCUT2D eigenvalue weighted by molar-refractivity contribution is -0.160. The second-order valence-electron chi connectivity index (χ2n) is 8.40. The van der Waals surface area contributed by atoms with Gasteiger partial charge in [0.25, 0.3) is 0 Å². The van der Waals surface area contributed by atoms with Gasteiger partial charge in [-0.2, -0.15) is 37.9 Å². The Morgan fingerprint density at radius 2 is 0.812 bits per heavy atom. The second kappa shape index (κ2) is 21.0. The van der Waals surface area contributed by atoms with E-state index >= 15 is 0 Å².